The quantitative estimate of drug-likeness (QED) is 0.897. The van der Waals surface area contributed by atoms with Crippen LogP contribution in [0.2, 0.25) is 5.02 Å². The summed E-state index contributed by atoms with van der Waals surface area (Å²) in [5, 5.41) is 4.07. The van der Waals surface area contributed by atoms with E-state index in [1.54, 1.807) is 14.2 Å². The summed E-state index contributed by atoms with van der Waals surface area (Å²) in [6.07, 6.45) is 3.42. The smallest absolute Gasteiger partial charge is 0.179 e. The first-order valence-electron chi connectivity index (χ1n) is 5.89. The molecule has 1 aromatic rings. The molecule has 1 heterocycles. The summed E-state index contributed by atoms with van der Waals surface area (Å²) < 4.78 is 10.7. The summed E-state index contributed by atoms with van der Waals surface area (Å²) in [7, 11) is 3.26. The highest BCUT2D eigenvalue weighted by molar-refractivity contribution is 6.32. The third-order valence-electron chi connectivity index (χ3n) is 3.18. The molecule has 4 heteroatoms. The molecule has 1 unspecified atom stereocenters. The highest BCUT2D eigenvalue weighted by Gasteiger charge is 2.19. The average Bonchev–Trinajstić information content (AvgIpc) is 2.83. The summed E-state index contributed by atoms with van der Waals surface area (Å²) in [5.74, 6) is 1.39. The molecule has 3 nitrogen and oxygen atoms in total. The van der Waals surface area contributed by atoms with Crippen LogP contribution in [-0.2, 0) is 6.42 Å². The van der Waals surface area contributed by atoms with E-state index in [1.807, 2.05) is 12.1 Å². The van der Waals surface area contributed by atoms with Crippen molar-refractivity contribution < 1.29 is 9.47 Å². The highest BCUT2D eigenvalue weighted by Crippen LogP contribution is 2.38. The fourth-order valence-corrected chi connectivity index (χ4v) is 2.58. The van der Waals surface area contributed by atoms with Crippen LogP contribution in [0.4, 0.5) is 0 Å². The fourth-order valence-electron chi connectivity index (χ4n) is 2.35. The molecule has 1 aliphatic heterocycles. The van der Waals surface area contributed by atoms with Gasteiger partial charge in [-0.15, -0.1) is 0 Å². The van der Waals surface area contributed by atoms with Crippen molar-refractivity contribution in [2.75, 3.05) is 20.8 Å². The molecule has 0 aromatic heterocycles. The van der Waals surface area contributed by atoms with Crippen LogP contribution in [0.25, 0.3) is 0 Å². The molecule has 17 heavy (non-hydrogen) atoms. The normalized spacial score (nSPS) is 19.4. The monoisotopic (exact) mass is 255 g/mol. The Morgan fingerprint density at radius 1 is 1.29 bits per heavy atom. The van der Waals surface area contributed by atoms with E-state index in [9.17, 15) is 0 Å². The first-order chi connectivity index (χ1) is 8.26. The van der Waals surface area contributed by atoms with Crippen LogP contribution in [0.15, 0.2) is 12.1 Å². The van der Waals surface area contributed by atoms with Gasteiger partial charge >= 0.3 is 0 Å². The predicted octanol–water partition coefficient (Wildman–Crippen LogP) is 2.65. The van der Waals surface area contributed by atoms with Gasteiger partial charge in [0, 0.05) is 6.04 Å². The number of hydrogen-bond donors (Lipinski definition) is 1. The van der Waals surface area contributed by atoms with Crippen molar-refractivity contribution in [1.29, 1.82) is 0 Å². The zero-order valence-corrected chi connectivity index (χ0v) is 11.0. The number of benzene rings is 1. The van der Waals surface area contributed by atoms with E-state index in [0.717, 1.165) is 24.3 Å². The van der Waals surface area contributed by atoms with Gasteiger partial charge in [-0.25, -0.2) is 0 Å². The Morgan fingerprint density at radius 2 is 2.06 bits per heavy atom. The molecule has 0 amide bonds. The summed E-state index contributed by atoms with van der Waals surface area (Å²) in [5.41, 5.74) is 1.15. The SMILES string of the molecule is COc1c(Cl)ccc(CC2CCCN2)c1OC. The van der Waals surface area contributed by atoms with Gasteiger partial charge in [-0.3, -0.25) is 0 Å². The number of halogens is 1. The Labute approximate surface area is 107 Å². The van der Waals surface area contributed by atoms with Gasteiger partial charge in [0.05, 0.1) is 19.2 Å². The molecule has 1 fully saturated rings. The zero-order chi connectivity index (χ0) is 12.3. The molecular formula is C13H18ClNO2. The summed E-state index contributed by atoms with van der Waals surface area (Å²) in [4.78, 5) is 0. The molecule has 1 aromatic carbocycles. The lowest BCUT2D eigenvalue weighted by Crippen LogP contribution is -2.23. The molecular weight excluding hydrogens is 238 g/mol. The van der Waals surface area contributed by atoms with Gasteiger partial charge < -0.3 is 14.8 Å². The molecule has 1 N–H and O–H groups in total. The number of rotatable bonds is 4. The van der Waals surface area contributed by atoms with Gasteiger partial charge in [0.25, 0.3) is 0 Å². The minimum atomic E-state index is 0.537. The Hall–Kier alpha value is -0.930. The van der Waals surface area contributed by atoms with Crippen molar-refractivity contribution in [2.45, 2.75) is 25.3 Å². The predicted molar refractivity (Wildman–Crippen MR) is 69.3 cm³/mol. The highest BCUT2D eigenvalue weighted by atomic mass is 35.5. The number of nitrogens with one attached hydrogen (secondary N) is 1. The number of hydrogen-bond acceptors (Lipinski definition) is 3. The number of ether oxygens (including phenoxy) is 2. The first-order valence-corrected chi connectivity index (χ1v) is 6.26. The Bertz CT molecular complexity index is 389. The third kappa shape index (κ3) is 2.67. The molecule has 0 bridgehead atoms. The Morgan fingerprint density at radius 3 is 2.65 bits per heavy atom. The van der Waals surface area contributed by atoms with E-state index >= 15 is 0 Å². The Kier molecular flexibility index (Phi) is 4.13. The van der Waals surface area contributed by atoms with Gasteiger partial charge in [0.15, 0.2) is 11.5 Å². The van der Waals surface area contributed by atoms with E-state index in [-0.39, 0.29) is 0 Å². The zero-order valence-electron chi connectivity index (χ0n) is 10.3. The molecule has 0 radical (unpaired) electrons. The van der Waals surface area contributed by atoms with Crippen LogP contribution in [0.3, 0.4) is 0 Å². The first kappa shape index (κ1) is 12.5. The topological polar surface area (TPSA) is 30.5 Å². The molecule has 1 atom stereocenters. The lowest BCUT2D eigenvalue weighted by Gasteiger charge is -2.16. The molecule has 94 valence electrons. The van der Waals surface area contributed by atoms with Crippen molar-refractivity contribution >= 4 is 11.6 Å². The van der Waals surface area contributed by atoms with Crippen molar-refractivity contribution in [3.05, 3.63) is 22.7 Å². The fraction of sp³-hybridized carbons (Fsp3) is 0.538. The minimum absolute atomic E-state index is 0.537. The van der Waals surface area contributed by atoms with E-state index in [1.165, 1.54) is 12.8 Å². The maximum absolute atomic E-state index is 6.08. The molecule has 1 aliphatic rings. The summed E-state index contributed by atoms with van der Waals surface area (Å²) in [6.45, 7) is 1.11. The second kappa shape index (κ2) is 5.61. The molecule has 0 aliphatic carbocycles. The Balaban J connectivity index is 2.26. The molecule has 0 spiro atoms. The van der Waals surface area contributed by atoms with Gasteiger partial charge in [-0.1, -0.05) is 17.7 Å². The van der Waals surface area contributed by atoms with Gasteiger partial charge in [-0.2, -0.15) is 0 Å². The maximum Gasteiger partial charge on any atom is 0.179 e. The van der Waals surface area contributed by atoms with Crippen molar-refractivity contribution in [2.24, 2.45) is 0 Å². The lowest BCUT2D eigenvalue weighted by molar-refractivity contribution is 0.350. The van der Waals surface area contributed by atoms with Gasteiger partial charge in [-0.05, 0) is 37.4 Å². The molecule has 2 rings (SSSR count). The van der Waals surface area contributed by atoms with Crippen LogP contribution in [-0.4, -0.2) is 26.8 Å². The van der Waals surface area contributed by atoms with E-state index in [4.69, 9.17) is 21.1 Å². The molecule has 1 saturated heterocycles. The average molecular weight is 256 g/mol. The largest absolute Gasteiger partial charge is 0.493 e. The molecule has 0 saturated carbocycles. The van der Waals surface area contributed by atoms with Crippen LogP contribution in [0, 0.1) is 0 Å². The van der Waals surface area contributed by atoms with Crippen LogP contribution < -0.4 is 14.8 Å². The van der Waals surface area contributed by atoms with Crippen molar-refractivity contribution in [3.63, 3.8) is 0 Å². The van der Waals surface area contributed by atoms with E-state index in [0.29, 0.717) is 16.8 Å². The second-order valence-electron chi connectivity index (χ2n) is 4.27. The summed E-state index contributed by atoms with van der Waals surface area (Å²) in [6, 6.07) is 4.42. The van der Waals surface area contributed by atoms with Crippen LogP contribution in [0.1, 0.15) is 18.4 Å². The van der Waals surface area contributed by atoms with Crippen molar-refractivity contribution in [1.82, 2.24) is 5.32 Å². The summed E-state index contributed by atoms with van der Waals surface area (Å²) >= 11 is 6.08. The minimum Gasteiger partial charge on any atom is -0.493 e. The standard InChI is InChI=1S/C13H18ClNO2/c1-16-12-9(8-10-4-3-7-15-10)5-6-11(14)13(12)17-2/h5-6,10,15H,3-4,7-8H2,1-2H3. The lowest BCUT2D eigenvalue weighted by atomic mass is 10.0. The third-order valence-corrected chi connectivity index (χ3v) is 3.48. The number of methoxy groups -OCH3 is 2. The van der Waals surface area contributed by atoms with E-state index < -0.39 is 0 Å². The van der Waals surface area contributed by atoms with Crippen molar-refractivity contribution in [3.8, 4) is 11.5 Å². The van der Waals surface area contributed by atoms with E-state index in [2.05, 4.69) is 5.32 Å². The second-order valence-corrected chi connectivity index (χ2v) is 4.68. The van der Waals surface area contributed by atoms with Crippen LogP contribution >= 0.6 is 11.6 Å². The maximum atomic E-state index is 6.08. The van der Waals surface area contributed by atoms with Gasteiger partial charge in [0.1, 0.15) is 0 Å². The van der Waals surface area contributed by atoms with Gasteiger partial charge in [0.2, 0.25) is 0 Å². The van der Waals surface area contributed by atoms with Crippen LogP contribution in [0.5, 0.6) is 11.5 Å².